The van der Waals surface area contributed by atoms with Gasteiger partial charge in [-0.25, -0.2) is 0 Å². The van der Waals surface area contributed by atoms with Crippen molar-refractivity contribution in [2.75, 3.05) is 0 Å². The van der Waals surface area contributed by atoms with E-state index in [1.54, 1.807) is 0 Å². The van der Waals surface area contributed by atoms with Gasteiger partial charge in [-0.3, -0.25) is 0 Å². The van der Waals surface area contributed by atoms with Gasteiger partial charge in [0, 0.05) is 0 Å². The van der Waals surface area contributed by atoms with Gasteiger partial charge in [-0.05, 0) is 5.92 Å². The van der Waals surface area contributed by atoms with Crippen LogP contribution < -0.4 is 0 Å². The fourth-order valence-corrected chi connectivity index (χ4v) is 7.08. The van der Waals surface area contributed by atoms with Crippen molar-refractivity contribution in [3.63, 3.8) is 0 Å². The summed E-state index contributed by atoms with van der Waals surface area (Å²) in [6.45, 7) is 6.96. The predicted molar refractivity (Wildman–Crippen MR) is 196 cm³/mol. The lowest BCUT2D eigenvalue weighted by Crippen LogP contribution is -2.01. The molecular weight excluding hydrogens is 504 g/mol. The van der Waals surface area contributed by atoms with E-state index in [2.05, 4.69) is 20.8 Å². The second kappa shape index (κ2) is 39.0. The van der Waals surface area contributed by atoms with Gasteiger partial charge in [-0.1, -0.05) is 265 Å². The maximum Gasteiger partial charge on any atom is -0.0414 e. The Balaban J connectivity index is 3.89. The molecule has 0 aliphatic rings. The molecule has 0 heterocycles. The molecule has 0 N–H and O–H groups in total. The average Bonchev–Trinajstić information content (AvgIpc) is 3.00. The first-order valence-corrected chi connectivity index (χ1v) is 20.8. The molecule has 0 radical (unpaired) electrons. The van der Waals surface area contributed by atoms with Crippen LogP contribution in [-0.4, -0.2) is 0 Å². The van der Waals surface area contributed by atoms with E-state index in [1.807, 2.05) is 0 Å². The fourth-order valence-electron chi connectivity index (χ4n) is 7.08. The van der Waals surface area contributed by atoms with Crippen LogP contribution in [0.2, 0.25) is 0 Å². The van der Waals surface area contributed by atoms with Crippen LogP contribution in [0.1, 0.15) is 265 Å². The van der Waals surface area contributed by atoms with Gasteiger partial charge in [-0.2, -0.15) is 0 Å². The molecule has 0 saturated heterocycles. The van der Waals surface area contributed by atoms with E-state index in [9.17, 15) is 0 Å². The van der Waals surface area contributed by atoms with E-state index in [1.165, 1.54) is 244 Å². The Labute approximate surface area is 270 Å². The molecule has 0 saturated carbocycles. The Morgan fingerprint density at radius 3 is 0.500 bits per heavy atom. The highest BCUT2D eigenvalue weighted by atomic mass is 14.1. The minimum Gasteiger partial charge on any atom is -0.0654 e. The van der Waals surface area contributed by atoms with Gasteiger partial charge in [0.05, 0.1) is 0 Å². The lowest BCUT2D eigenvalue weighted by molar-refractivity contribution is 0.365. The van der Waals surface area contributed by atoms with Gasteiger partial charge in [0.25, 0.3) is 0 Å². The molecule has 0 aromatic carbocycles. The molecule has 0 spiro atoms. The van der Waals surface area contributed by atoms with Gasteiger partial charge in [0.15, 0.2) is 0 Å². The Morgan fingerprint density at radius 2 is 0.333 bits per heavy atom. The SMILES string of the molecule is CCCCCCCCCCCCCCC(CCCCCCCCCCCCC)CCCCCCCCCCCCCC. The Morgan fingerprint density at radius 1 is 0.190 bits per heavy atom. The van der Waals surface area contributed by atoms with Crippen LogP contribution in [0.3, 0.4) is 0 Å². The van der Waals surface area contributed by atoms with E-state index >= 15 is 0 Å². The Hall–Kier alpha value is 0. The summed E-state index contributed by atoms with van der Waals surface area (Å²) in [4.78, 5) is 0. The smallest absolute Gasteiger partial charge is 0.0414 e. The fraction of sp³-hybridized carbons (Fsp3) is 1.00. The molecule has 42 heavy (non-hydrogen) atoms. The average molecular weight is 591 g/mol. The van der Waals surface area contributed by atoms with Crippen LogP contribution in [0.4, 0.5) is 0 Å². The van der Waals surface area contributed by atoms with Gasteiger partial charge >= 0.3 is 0 Å². The van der Waals surface area contributed by atoms with E-state index in [0.29, 0.717) is 0 Å². The van der Waals surface area contributed by atoms with E-state index < -0.39 is 0 Å². The lowest BCUT2D eigenvalue weighted by atomic mass is 9.89. The predicted octanol–water partition coefficient (Wildman–Crippen LogP) is 16.5. The third kappa shape index (κ3) is 36.2. The molecular formula is C42H86. The number of hydrogen-bond acceptors (Lipinski definition) is 0. The zero-order valence-electron chi connectivity index (χ0n) is 30.4. The molecule has 0 aromatic rings. The first kappa shape index (κ1) is 42.0. The first-order valence-electron chi connectivity index (χ1n) is 20.8. The Bertz CT molecular complexity index is 411. The minimum atomic E-state index is 1.04. The van der Waals surface area contributed by atoms with Crippen molar-refractivity contribution in [1.29, 1.82) is 0 Å². The highest BCUT2D eigenvalue weighted by Crippen LogP contribution is 2.25. The molecule has 0 fully saturated rings. The van der Waals surface area contributed by atoms with E-state index in [-0.39, 0.29) is 0 Å². The zero-order valence-corrected chi connectivity index (χ0v) is 30.4. The van der Waals surface area contributed by atoms with Crippen molar-refractivity contribution in [1.82, 2.24) is 0 Å². The van der Waals surface area contributed by atoms with Gasteiger partial charge in [-0.15, -0.1) is 0 Å². The third-order valence-electron chi connectivity index (χ3n) is 10.1. The van der Waals surface area contributed by atoms with Crippen molar-refractivity contribution in [3.05, 3.63) is 0 Å². The third-order valence-corrected chi connectivity index (χ3v) is 10.1. The van der Waals surface area contributed by atoms with Crippen LogP contribution in [0.5, 0.6) is 0 Å². The molecule has 0 aromatic heterocycles. The van der Waals surface area contributed by atoms with E-state index in [0.717, 1.165) is 5.92 Å². The topological polar surface area (TPSA) is 0 Å². The molecule has 0 aliphatic carbocycles. The summed E-state index contributed by atoms with van der Waals surface area (Å²) >= 11 is 0. The summed E-state index contributed by atoms with van der Waals surface area (Å²) in [5.74, 6) is 1.04. The molecule has 0 atom stereocenters. The molecule has 0 rings (SSSR count). The van der Waals surface area contributed by atoms with Crippen LogP contribution in [0.25, 0.3) is 0 Å². The number of hydrogen-bond donors (Lipinski definition) is 0. The van der Waals surface area contributed by atoms with Crippen molar-refractivity contribution < 1.29 is 0 Å². The highest BCUT2D eigenvalue weighted by molar-refractivity contribution is 4.62. The monoisotopic (exact) mass is 591 g/mol. The zero-order chi connectivity index (χ0) is 30.4. The first-order chi connectivity index (χ1) is 20.8. The Kier molecular flexibility index (Phi) is 39.0. The summed E-state index contributed by atoms with van der Waals surface area (Å²) in [6.07, 6.45) is 56.3. The number of rotatable bonds is 38. The second-order valence-electron chi connectivity index (χ2n) is 14.5. The maximum absolute atomic E-state index is 2.32. The van der Waals surface area contributed by atoms with Crippen molar-refractivity contribution in [3.8, 4) is 0 Å². The molecule has 0 nitrogen and oxygen atoms in total. The summed E-state index contributed by atoms with van der Waals surface area (Å²) in [7, 11) is 0. The normalized spacial score (nSPS) is 11.7. The molecule has 0 unspecified atom stereocenters. The van der Waals surface area contributed by atoms with Crippen LogP contribution in [0, 0.1) is 5.92 Å². The summed E-state index contributed by atoms with van der Waals surface area (Å²) in [5.41, 5.74) is 0. The van der Waals surface area contributed by atoms with E-state index in [4.69, 9.17) is 0 Å². The van der Waals surface area contributed by atoms with Crippen LogP contribution in [0.15, 0.2) is 0 Å². The van der Waals surface area contributed by atoms with Crippen LogP contribution >= 0.6 is 0 Å². The lowest BCUT2D eigenvalue weighted by Gasteiger charge is -2.17. The van der Waals surface area contributed by atoms with Gasteiger partial charge < -0.3 is 0 Å². The molecule has 0 amide bonds. The summed E-state index contributed by atoms with van der Waals surface area (Å²) in [5, 5.41) is 0. The summed E-state index contributed by atoms with van der Waals surface area (Å²) in [6, 6.07) is 0. The molecule has 0 bridgehead atoms. The highest BCUT2D eigenvalue weighted by Gasteiger charge is 2.09. The second-order valence-corrected chi connectivity index (χ2v) is 14.5. The van der Waals surface area contributed by atoms with Gasteiger partial charge in [0.2, 0.25) is 0 Å². The summed E-state index contributed by atoms with van der Waals surface area (Å²) < 4.78 is 0. The number of unbranched alkanes of at least 4 members (excludes halogenated alkanes) is 32. The molecule has 0 heteroatoms. The van der Waals surface area contributed by atoms with Crippen molar-refractivity contribution in [2.24, 2.45) is 5.92 Å². The van der Waals surface area contributed by atoms with Gasteiger partial charge in [0.1, 0.15) is 0 Å². The standard InChI is InChI=1S/C42H86/c1-4-7-10-13-16-19-22-25-28-31-34-37-40-42(39-36-33-30-27-24-21-18-15-12-9-6-3)41-38-35-32-29-26-23-20-17-14-11-8-5-2/h42H,4-41H2,1-3H3. The van der Waals surface area contributed by atoms with Crippen molar-refractivity contribution in [2.45, 2.75) is 265 Å². The quantitative estimate of drug-likeness (QED) is 0.0627. The molecule has 0 aliphatic heterocycles. The van der Waals surface area contributed by atoms with Crippen molar-refractivity contribution >= 4 is 0 Å². The maximum atomic E-state index is 2.32. The largest absolute Gasteiger partial charge is 0.0654 e. The molecule has 254 valence electrons. The van der Waals surface area contributed by atoms with Crippen LogP contribution in [-0.2, 0) is 0 Å². The minimum absolute atomic E-state index is 1.04.